The highest BCUT2D eigenvalue weighted by molar-refractivity contribution is 6.02. The zero-order valence-electron chi connectivity index (χ0n) is 11.0. The molecule has 0 unspecified atom stereocenters. The van der Waals surface area contributed by atoms with Gasteiger partial charge in [0.25, 0.3) is 0 Å². The summed E-state index contributed by atoms with van der Waals surface area (Å²) in [4.78, 5) is 12.2. The summed E-state index contributed by atoms with van der Waals surface area (Å²) in [6, 6.07) is 5.71. The van der Waals surface area contributed by atoms with Crippen molar-refractivity contribution in [2.75, 3.05) is 7.11 Å². The van der Waals surface area contributed by atoms with Gasteiger partial charge in [-0.2, -0.15) is 5.10 Å². The number of ether oxygens (including phenoxy) is 1. The van der Waals surface area contributed by atoms with Crippen LogP contribution in [0.15, 0.2) is 30.6 Å². The molecule has 0 radical (unpaired) electrons. The Bertz CT molecular complexity index is 558. The van der Waals surface area contributed by atoms with Crippen LogP contribution in [0.3, 0.4) is 0 Å². The van der Waals surface area contributed by atoms with Crippen molar-refractivity contribution in [3.63, 3.8) is 0 Å². The molecule has 2 aromatic heterocycles. The van der Waals surface area contributed by atoms with Gasteiger partial charge in [0, 0.05) is 19.7 Å². The fourth-order valence-electron chi connectivity index (χ4n) is 1.80. The number of rotatable bonds is 5. The molecule has 96 valence electrons. The number of Topliss-reactive ketones (excluding diaryl/α,β-unsaturated/α-hetero) is 1. The second-order valence-corrected chi connectivity index (χ2v) is 4.98. The van der Waals surface area contributed by atoms with Crippen LogP contribution in [-0.2, 0) is 4.74 Å². The lowest BCUT2D eigenvalue weighted by atomic mass is 9.98. The average molecular weight is 246 g/mol. The fraction of sp³-hybridized carbons (Fsp3) is 0.429. The number of hydrogen-bond donors (Lipinski definition) is 0. The van der Waals surface area contributed by atoms with E-state index in [9.17, 15) is 4.79 Å². The molecule has 0 bridgehead atoms. The van der Waals surface area contributed by atoms with E-state index in [2.05, 4.69) is 5.10 Å². The second kappa shape index (κ2) is 4.90. The molecule has 0 aliphatic rings. The van der Waals surface area contributed by atoms with Crippen LogP contribution in [0.4, 0.5) is 0 Å². The number of fused-ring (bicyclic) bond motifs is 1. The Hall–Kier alpha value is -1.68. The summed E-state index contributed by atoms with van der Waals surface area (Å²) in [6.45, 7) is 3.97. The summed E-state index contributed by atoms with van der Waals surface area (Å²) < 4.78 is 7.04. The van der Waals surface area contributed by atoms with Gasteiger partial charge < -0.3 is 4.74 Å². The van der Waals surface area contributed by atoms with Gasteiger partial charge in [-0.15, -0.1) is 0 Å². The molecule has 0 spiro atoms. The van der Waals surface area contributed by atoms with Crippen LogP contribution in [0, 0.1) is 0 Å². The number of pyridine rings is 1. The predicted octanol–water partition coefficient (Wildman–Crippen LogP) is 2.72. The van der Waals surface area contributed by atoms with E-state index in [4.69, 9.17) is 4.74 Å². The largest absolute Gasteiger partial charge is 0.379 e. The van der Waals surface area contributed by atoms with Crippen molar-refractivity contribution in [1.29, 1.82) is 0 Å². The van der Waals surface area contributed by atoms with Crippen LogP contribution in [0.1, 0.15) is 37.0 Å². The summed E-state index contributed by atoms with van der Waals surface area (Å²) in [7, 11) is 1.67. The standard InChI is InChI=1S/C14H18N2O2/c1-14(2,18-3)8-7-13(17)11-10-15-16-9-5-4-6-12(11)16/h4-6,9-10H,7-8H2,1-3H3. The minimum Gasteiger partial charge on any atom is -0.379 e. The Morgan fingerprint density at radius 2 is 2.22 bits per heavy atom. The summed E-state index contributed by atoms with van der Waals surface area (Å²) in [6.07, 6.45) is 4.65. The molecule has 0 aliphatic carbocycles. The first-order valence-corrected chi connectivity index (χ1v) is 6.04. The van der Waals surface area contributed by atoms with E-state index in [1.807, 2.05) is 38.2 Å². The molecule has 0 amide bonds. The fourth-order valence-corrected chi connectivity index (χ4v) is 1.80. The minimum atomic E-state index is -0.265. The van der Waals surface area contributed by atoms with Gasteiger partial charge in [-0.1, -0.05) is 6.07 Å². The second-order valence-electron chi connectivity index (χ2n) is 4.98. The molecule has 4 heteroatoms. The SMILES string of the molecule is COC(C)(C)CCC(=O)c1cnn2ccccc12. The normalized spacial score (nSPS) is 11.9. The first-order chi connectivity index (χ1) is 8.53. The first-order valence-electron chi connectivity index (χ1n) is 6.04. The number of carbonyl (C=O) groups is 1. The van der Waals surface area contributed by atoms with E-state index < -0.39 is 0 Å². The van der Waals surface area contributed by atoms with Gasteiger partial charge in [0.05, 0.1) is 22.9 Å². The Morgan fingerprint density at radius 1 is 1.44 bits per heavy atom. The molecule has 2 heterocycles. The molecule has 0 N–H and O–H groups in total. The Kier molecular flexibility index (Phi) is 3.48. The van der Waals surface area contributed by atoms with Crippen molar-refractivity contribution in [3.8, 4) is 0 Å². The van der Waals surface area contributed by atoms with Gasteiger partial charge >= 0.3 is 0 Å². The van der Waals surface area contributed by atoms with Gasteiger partial charge in [0.2, 0.25) is 0 Å². The zero-order chi connectivity index (χ0) is 13.2. The lowest BCUT2D eigenvalue weighted by Crippen LogP contribution is -2.23. The number of nitrogens with zero attached hydrogens (tertiary/aromatic N) is 2. The lowest BCUT2D eigenvalue weighted by Gasteiger charge is -2.21. The third-order valence-electron chi connectivity index (χ3n) is 3.23. The molecule has 0 fully saturated rings. The molecule has 0 aliphatic heterocycles. The number of aromatic nitrogens is 2. The maximum atomic E-state index is 12.2. The number of carbonyl (C=O) groups excluding carboxylic acids is 1. The Morgan fingerprint density at radius 3 is 2.94 bits per heavy atom. The molecule has 4 nitrogen and oxygen atoms in total. The van der Waals surface area contributed by atoms with E-state index >= 15 is 0 Å². The maximum Gasteiger partial charge on any atom is 0.166 e. The van der Waals surface area contributed by atoms with Crippen LogP contribution in [0.5, 0.6) is 0 Å². The van der Waals surface area contributed by atoms with Crippen molar-refractivity contribution >= 4 is 11.3 Å². The molecule has 18 heavy (non-hydrogen) atoms. The van der Waals surface area contributed by atoms with E-state index in [1.54, 1.807) is 17.8 Å². The molecule has 0 atom stereocenters. The predicted molar refractivity (Wildman–Crippen MR) is 69.8 cm³/mol. The van der Waals surface area contributed by atoms with Gasteiger partial charge in [0.1, 0.15) is 0 Å². The van der Waals surface area contributed by atoms with Crippen LogP contribution in [0.25, 0.3) is 5.52 Å². The van der Waals surface area contributed by atoms with Gasteiger partial charge in [0.15, 0.2) is 5.78 Å². The number of ketones is 1. The topological polar surface area (TPSA) is 43.6 Å². The maximum absolute atomic E-state index is 12.2. The van der Waals surface area contributed by atoms with Crippen LogP contribution < -0.4 is 0 Å². The molecule has 0 saturated heterocycles. The highest BCUT2D eigenvalue weighted by atomic mass is 16.5. The average Bonchev–Trinajstić information content (AvgIpc) is 2.80. The summed E-state index contributed by atoms with van der Waals surface area (Å²) >= 11 is 0. The smallest absolute Gasteiger partial charge is 0.166 e. The van der Waals surface area contributed by atoms with Gasteiger partial charge in [-0.25, -0.2) is 4.52 Å². The van der Waals surface area contributed by atoms with Crippen LogP contribution in [0.2, 0.25) is 0 Å². The summed E-state index contributed by atoms with van der Waals surface area (Å²) in [5, 5.41) is 4.17. The zero-order valence-corrected chi connectivity index (χ0v) is 11.0. The van der Waals surface area contributed by atoms with Crippen LogP contribution >= 0.6 is 0 Å². The molecular formula is C14H18N2O2. The lowest BCUT2D eigenvalue weighted by molar-refractivity contribution is 0.0142. The van der Waals surface area contributed by atoms with E-state index in [-0.39, 0.29) is 11.4 Å². The van der Waals surface area contributed by atoms with Crippen molar-refractivity contribution in [2.24, 2.45) is 0 Å². The van der Waals surface area contributed by atoms with Gasteiger partial charge in [-0.05, 0) is 32.4 Å². The van der Waals surface area contributed by atoms with Gasteiger partial charge in [-0.3, -0.25) is 4.79 Å². The third kappa shape index (κ3) is 2.59. The number of hydrogen-bond acceptors (Lipinski definition) is 3. The molecule has 0 saturated carbocycles. The van der Waals surface area contributed by atoms with Crippen molar-refractivity contribution in [2.45, 2.75) is 32.3 Å². The third-order valence-corrected chi connectivity index (χ3v) is 3.23. The minimum absolute atomic E-state index is 0.112. The van der Waals surface area contributed by atoms with Crippen molar-refractivity contribution < 1.29 is 9.53 Å². The summed E-state index contributed by atoms with van der Waals surface area (Å²) in [5.41, 5.74) is 1.28. The Balaban J connectivity index is 2.14. The van der Waals surface area contributed by atoms with Crippen LogP contribution in [-0.4, -0.2) is 28.1 Å². The highest BCUT2D eigenvalue weighted by Crippen LogP contribution is 2.19. The number of methoxy groups -OCH3 is 1. The molecule has 2 aromatic rings. The highest BCUT2D eigenvalue weighted by Gasteiger charge is 2.20. The first kappa shape index (κ1) is 12.8. The molecule has 0 aromatic carbocycles. The monoisotopic (exact) mass is 246 g/mol. The van der Waals surface area contributed by atoms with Crippen molar-refractivity contribution in [3.05, 3.63) is 36.2 Å². The molecular weight excluding hydrogens is 228 g/mol. The Labute approximate surface area is 107 Å². The quantitative estimate of drug-likeness (QED) is 0.762. The van der Waals surface area contributed by atoms with E-state index in [0.29, 0.717) is 18.4 Å². The van der Waals surface area contributed by atoms with E-state index in [0.717, 1.165) is 5.52 Å². The van der Waals surface area contributed by atoms with Crippen molar-refractivity contribution in [1.82, 2.24) is 9.61 Å². The summed E-state index contributed by atoms with van der Waals surface area (Å²) in [5.74, 6) is 0.112. The molecule has 2 rings (SSSR count). The van der Waals surface area contributed by atoms with E-state index in [1.165, 1.54) is 0 Å².